The van der Waals surface area contributed by atoms with Crippen LogP contribution >= 0.6 is 27.7 Å². The monoisotopic (exact) mass is 666 g/mol. The molecular weight excluding hydrogens is 628 g/mol. The van der Waals surface area contributed by atoms with E-state index in [0.29, 0.717) is 12.2 Å². The molecule has 3 aromatic carbocycles. The van der Waals surface area contributed by atoms with Crippen molar-refractivity contribution in [3.8, 4) is 0 Å². The Labute approximate surface area is 266 Å². The van der Waals surface area contributed by atoms with Crippen LogP contribution in [0.25, 0.3) is 0 Å². The fraction of sp³-hybridized carbons (Fsp3) is 0.364. The fourth-order valence-corrected chi connectivity index (χ4v) is 7.20. The first kappa shape index (κ1) is 32.6. The Balaban J connectivity index is 1.53. The summed E-state index contributed by atoms with van der Waals surface area (Å²) in [6.07, 6.45) is -1.37. The van der Waals surface area contributed by atoms with Crippen LogP contribution in [0.3, 0.4) is 0 Å². The van der Waals surface area contributed by atoms with E-state index in [1.807, 2.05) is 101 Å². The molecule has 1 aliphatic rings. The van der Waals surface area contributed by atoms with Gasteiger partial charge in [0.15, 0.2) is 6.10 Å². The van der Waals surface area contributed by atoms with Crippen LogP contribution in [0.15, 0.2) is 71.2 Å². The Morgan fingerprint density at radius 2 is 1.63 bits per heavy atom. The number of thioether (sulfide) groups is 1. The summed E-state index contributed by atoms with van der Waals surface area (Å²) in [7, 11) is 0. The van der Waals surface area contributed by atoms with Crippen LogP contribution in [-0.4, -0.2) is 56.7 Å². The summed E-state index contributed by atoms with van der Waals surface area (Å²) < 4.78 is 0.321. The summed E-state index contributed by atoms with van der Waals surface area (Å²) in [5, 5.41) is 20.2. The summed E-state index contributed by atoms with van der Waals surface area (Å²) in [5.41, 5.74) is 5.30. The predicted molar refractivity (Wildman–Crippen MR) is 176 cm³/mol. The molecule has 0 bridgehead atoms. The largest absolute Gasteiger partial charge is 0.381 e. The number of halogens is 1. The van der Waals surface area contributed by atoms with Crippen molar-refractivity contribution in [1.82, 2.24) is 15.5 Å². The van der Waals surface area contributed by atoms with E-state index in [1.54, 1.807) is 0 Å². The van der Waals surface area contributed by atoms with Crippen LogP contribution in [0.1, 0.15) is 41.7 Å². The third-order valence-electron chi connectivity index (χ3n) is 7.78. The van der Waals surface area contributed by atoms with Gasteiger partial charge in [-0.2, -0.15) is 0 Å². The quantitative estimate of drug-likeness (QED) is 0.242. The van der Waals surface area contributed by atoms with Gasteiger partial charge in [-0.1, -0.05) is 70.5 Å². The lowest BCUT2D eigenvalue weighted by atomic mass is 9.97. The van der Waals surface area contributed by atoms with E-state index >= 15 is 0 Å². The minimum atomic E-state index is -1.58. The Kier molecular flexibility index (Phi) is 10.6. The molecule has 3 unspecified atom stereocenters. The highest BCUT2D eigenvalue weighted by Crippen LogP contribution is 2.40. The number of aliphatic hydroxyl groups excluding tert-OH is 1. The van der Waals surface area contributed by atoms with Crippen molar-refractivity contribution in [2.24, 2.45) is 0 Å². The second-order valence-corrected chi connectivity index (χ2v) is 14.0. The van der Waals surface area contributed by atoms with Crippen LogP contribution in [0.4, 0.5) is 10.5 Å². The van der Waals surface area contributed by atoms with E-state index in [4.69, 9.17) is 0 Å². The number of urea groups is 1. The zero-order chi connectivity index (χ0) is 31.3. The molecule has 0 aliphatic carbocycles. The van der Waals surface area contributed by atoms with Crippen LogP contribution in [-0.2, 0) is 22.6 Å². The van der Waals surface area contributed by atoms with Crippen LogP contribution in [0.2, 0.25) is 0 Å². The highest BCUT2D eigenvalue weighted by Gasteiger charge is 2.49. The van der Waals surface area contributed by atoms with Gasteiger partial charge in [0.1, 0.15) is 6.04 Å². The molecule has 0 spiro atoms. The number of benzene rings is 3. The Morgan fingerprint density at radius 3 is 2.28 bits per heavy atom. The minimum absolute atomic E-state index is 0.216. The molecule has 8 nitrogen and oxygen atoms in total. The van der Waals surface area contributed by atoms with E-state index in [1.165, 1.54) is 16.7 Å². The van der Waals surface area contributed by atoms with Gasteiger partial charge < -0.3 is 26.0 Å². The van der Waals surface area contributed by atoms with Crippen molar-refractivity contribution in [2.75, 3.05) is 11.2 Å². The average molecular weight is 668 g/mol. The number of carbonyl (C=O) groups is 3. The highest BCUT2D eigenvalue weighted by atomic mass is 79.9. The topological polar surface area (TPSA) is 111 Å². The standard InChI is InChI=1S/C33H39BrN4O4S/c1-20-11-9-10-14-24(20)18-35-30(40)29-33(4,5)43-19-38(29)31(41)28(39)26(17-23-12-7-6-8-13-23)36-32(42)37-27-21(2)15-25(34)16-22(27)3/h6-16,26,28-29,39H,17-19H2,1-5H3,(H,35,40)(H2,36,37,42). The number of anilines is 1. The summed E-state index contributed by atoms with van der Waals surface area (Å²) >= 11 is 4.95. The first-order valence-corrected chi connectivity index (χ1v) is 16.0. The third kappa shape index (κ3) is 7.99. The lowest BCUT2D eigenvalue weighted by Crippen LogP contribution is -2.59. The summed E-state index contributed by atoms with van der Waals surface area (Å²) in [6, 6.07) is 18.7. The maximum absolute atomic E-state index is 13.9. The smallest absolute Gasteiger partial charge is 0.319 e. The Morgan fingerprint density at radius 1 is 1.00 bits per heavy atom. The zero-order valence-electron chi connectivity index (χ0n) is 25.1. The number of hydrogen-bond donors (Lipinski definition) is 4. The zero-order valence-corrected chi connectivity index (χ0v) is 27.5. The molecule has 228 valence electrons. The predicted octanol–water partition coefficient (Wildman–Crippen LogP) is 5.46. The molecule has 43 heavy (non-hydrogen) atoms. The Bertz CT molecular complexity index is 1460. The number of hydrogen-bond acceptors (Lipinski definition) is 5. The molecule has 3 aromatic rings. The molecule has 3 atom stereocenters. The van der Waals surface area contributed by atoms with Crippen molar-refractivity contribution in [3.63, 3.8) is 0 Å². The van der Waals surface area contributed by atoms with Gasteiger partial charge in [0.05, 0.1) is 11.9 Å². The highest BCUT2D eigenvalue weighted by molar-refractivity contribution is 9.10. The fourth-order valence-electron chi connectivity index (χ4n) is 5.38. The average Bonchev–Trinajstić information content (AvgIpc) is 3.28. The molecule has 1 fully saturated rings. The molecule has 10 heteroatoms. The summed E-state index contributed by atoms with van der Waals surface area (Å²) in [5.74, 6) is -0.649. The molecule has 1 saturated heterocycles. The number of nitrogens with zero attached hydrogens (tertiary/aromatic N) is 1. The third-order valence-corrected chi connectivity index (χ3v) is 9.61. The van der Waals surface area contributed by atoms with Gasteiger partial charge in [-0.05, 0) is 81.0 Å². The number of carbonyl (C=O) groups excluding carboxylic acids is 3. The second kappa shape index (κ2) is 14.0. The van der Waals surface area contributed by atoms with Crippen molar-refractivity contribution >= 4 is 51.2 Å². The van der Waals surface area contributed by atoms with Gasteiger partial charge >= 0.3 is 6.03 Å². The number of rotatable bonds is 9. The SMILES string of the molecule is Cc1ccccc1CNC(=O)C1N(C(=O)C(O)C(Cc2ccccc2)NC(=O)Nc2c(C)cc(Br)cc2C)CSC1(C)C. The molecule has 0 radical (unpaired) electrons. The van der Waals surface area contributed by atoms with E-state index in [-0.39, 0.29) is 18.2 Å². The van der Waals surface area contributed by atoms with E-state index in [0.717, 1.165) is 32.3 Å². The molecule has 1 heterocycles. The molecule has 0 aromatic heterocycles. The van der Waals surface area contributed by atoms with E-state index < -0.39 is 34.9 Å². The van der Waals surface area contributed by atoms with Crippen LogP contribution in [0, 0.1) is 20.8 Å². The van der Waals surface area contributed by atoms with Crippen molar-refractivity contribution in [1.29, 1.82) is 0 Å². The first-order chi connectivity index (χ1) is 20.4. The molecular formula is C33H39BrN4O4S. The first-order valence-electron chi connectivity index (χ1n) is 14.2. The number of amides is 4. The molecule has 0 saturated carbocycles. The van der Waals surface area contributed by atoms with Gasteiger partial charge in [0.2, 0.25) is 5.91 Å². The maximum Gasteiger partial charge on any atom is 0.319 e. The normalized spacial score (nSPS) is 17.2. The summed E-state index contributed by atoms with van der Waals surface area (Å²) in [4.78, 5) is 42.1. The minimum Gasteiger partial charge on any atom is -0.381 e. The maximum atomic E-state index is 13.9. The van der Waals surface area contributed by atoms with E-state index in [2.05, 4.69) is 31.9 Å². The summed E-state index contributed by atoms with van der Waals surface area (Å²) in [6.45, 7) is 9.95. The van der Waals surface area contributed by atoms with Gasteiger partial charge in [0.25, 0.3) is 5.91 Å². The van der Waals surface area contributed by atoms with Gasteiger partial charge in [-0.3, -0.25) is 9.59 Å². The van der Waals surface area contributed by atoms with E-state index in [9.17, 15) is 19.5 Å². The van der Waals surface area contributed by atoms with Gasteiger partial charge in [0, 0.05) is 21.5 Å². The van der Waals surface area contributed by atoms with Crippen molar-refractivity contribution < 1.29 is 19.5 Å². The molecule has 1 aliphatic heterocycles. The molecule has 4 N–H and O–H groups in total. The lowest BCUT2D eigenvalue weighted by Gasteiger charge is -2.33. The van der Waals surface area contributed by atoms with Gasteiger partial charge in [-0.25, -0.2) is 4.79 Å². The Hall–Kier alpha value is -3.34. The van der Waals surface area contributed by atoms with Crippen LogP contribution in [0.5, 0.6) is 0 Å². The number of aryl methyl sites for hydroxylation is 3. The lowest BCUT2D eigenvalue weighted by molar-refractivity contribution is -0.147. The van der Waals surface area contributed by atoms with Crippen molar-refractivity contribution in [2.45, 2.75) is 70.5 Å². The number of nitrogens with one attached hydrogen (secondary N) is 3. The van der Waals surface area contributed by atoms with Crippen molar-refractivity contribution in [3.05, 3.63) is 99.0 Å². The molecule has 4 rings (SSSR count). The number of aliphatic hydroxyl groups is 1. The molecule has 4 amide bonds. The van der Waals surface area contributed by atoms with Crippen LogP contribution < -0.4 is 16.0 Å². The second-order valence-electron chi connectivity index (χ2n) is 11.5. The van der Waals surface area contributed by atoms with Gasteiger partial charge in [-0.15, -0.1) is 11.8 Å².